The highest BCUT2D eigenvalue weighted by Gasteiger charge is 2.18. The number of benzene rings is 3. The van der Waals surface area contributed by atoms with Crippen molar-refractivity contribution in [2.75, 3.05) is 43.5 Å². The molecule has 0 atom stereocenters. The minimum atomic E-state index is -0.289. The average molecular weight is 495 g/mol. The van der Waals surface area contributed by atoms with Crippen LogP contribution in [0, 0.1) is 0 Å². The number of thiocarbonyl (C=S) groups is 1. The Morgan fingerprint density at radius 3 is 2.44 bits per heavy atom. The summed E-state index contributed by atoms with van der Waals surface area (Å²) in [5, 5.41) is 6.84. The monoisotopic (exact) mass is 494 g/mol. The van der Waals surface area contributed by atoms with Gasteiger partial charge in [0.1, 0.15) is 5.75 Å². The molecule has 2 N–H and O–H groups in total. The van der Waals surface area contributed by atoms with Crippen LogP contribution in [-0.2, 0) is 6.54 Å². The maximum atomic E-state index is 12.4. The summed E-state index contributed by atoms with van der Waals surface area (Å²) in [5.74, 6) is 0.328. The van der Waals surface area contributed by atoms with Crippen LogP contribution in [0.3, 0.4) is 0 Å². The van der Waals surface area contributed by atoms with Gasteiger partial charge in [-0.3, -0.25) is 15.0 Å². The van der Waals surface area contributed by atoms with Crippen molar-refractivity contribution in [1.29, 1.82) is 0 Å². The second-order valence-electron chi connectivity index (χ2n) is 8.04. The first-order valence-corrected chi connectivity index (χ1v) is 11.9. The number of amides is 1. The van der Waals surface area contributed by atoms with Crippen molar-refractivity contribution in [3.05, 3.63) is 88.9 Å². The molecule has 1 fully saturated rings. The summed E-state index contributed by atoms with van der Waals surface area (Å²) in [6.45, 7) is 4.73. The fourth-order valence-electron chi connectivity index (χ4n) is 3.89. The number of halogens is 1. The summed E-state index contributed by atoms with van der Waals surface area (Å²) in [7, 11) is 1.56. The number of hydrogen-bond acceptors (Lipinski definition) is 5. The molecule has 3 aromatic rings. The molecule has 0 spiro atoms. The first-order valence-electron chi connectivity index (χ1n) is 11.1. The number of ether oxygens (including phenoxy) is 1. The fraction of sp³-hybridized carbons (Fsp3) is 0.231. The first kappa shape index (κ1) is 24.0. The molecule has 6 nitrogen and oxygen atoms in total. The molecule has 0 radical (unpaired) electrons. The van der Waals surface area contributed by atoms with Gasteiger partial charge in [0.05, 0.1) is 7.11 Å². The molecule has 0 saturated carbocycles. The van der Waals surface area contributed by atoms with E-state index in [0.29, 0.717) is 11.3 Å². The Morgan fingerprint density at radius 2 is 1.74 bits per heavy atom. The standard InChI is InChI=1S/C26H27ClN4O2S/c1-33-23-7-4-6-19(17-23)25(32)29-26(34)28-21-9-11-22(12-10-21)31-15-13-30(14-16-31)18-20-5-2-3-8-24(20)27/h2-12,17H,13-16,18H2,1H3,(H2,28,29,32,34). The Balaban J connectivity index is 1.26. The highest BCUT2D eigenvalue weighted by atomic mass is 35.5. The van der Waals surface area contributed by atoms with Crippen molar-refractivity contribution < 1.29 is 9.53 Å². The zero-order valence-electron chi connectivity index (χ0n) is 19.0. The summed E-state index contributed by atoms with van der Waals surface area (Å²) in [4.78, 5) is 17.2. The normalized spacial score (nSPS) is 13.9. The fourth-order valence-corrected chi connectivity index (χ4v) is 4.30. The van der Waals surface area contributed by atoms with Crippen molar-refractivity contribution >= 4 is 46.2 Å². The number of rotatable bonds is 6. The van der Waals surface area contributed by atoms with Gasteiger partial charge in [-0.1, -0.05) is 35.9 Å². The number of carbonyl (C=O) groups excluding carboxylic acids is 1. The van der Waals surface area contributed by atoms with E-state index < -0.39 is 0 Å². The van der Waals surface area contributed by atoms with Crippen LogP contribution in [0.25, 0.3) is 0 Å². The molecule has 0 bridgehead atoms. The van der Waals surface area contributed by atoms with Crippen LogP contribution in [0.2, 0.25) is 5.02 Å². The van der Waals surface area contributed by atoms with Gasteiger partial charge in [0.15, 0.2) is 5.11 Å². The van der Waals surface area contributed by atoms with E-state index in [1.807, 2.05) is 30.3 Å². The molecular weight excluding hydrogens is 468 g/mol. The summed E-state index contributed by atoms with van der Waals surface area (Å²) in [5.41, 5.74) is 3.63. The molecule has 1 saturated heterocycles. The van der Waals surface area contributed by atoms with E-state index >= 15 is 0 Å². The zero-order valence-corrected chi connectivity index (χ0v) is 20.5. The molecule has 8 heteroatoms. The molecule has 1 aliphatic heterocycles. The molecule has 3 aromatic carbocycles. The smallest absolute Gasteiger partial charge is 0.257 e. The summed E-state index contributed by atoms with van der Waals surface area (Å²) in [6.07, 6.45) is 0. The first-order chi connectivity index (χ1) is 16.5. The third kappa shape index (κ3) is 6.26. The highest BCUT2D eigenvalue weighted by molar-refractivity contribution is 7.80. The molecule has 4 rings (SSSR count). The Hall–Kier alpha value is -3.13. The SMILES string of the molecule is COc1cccc(C(=O)NC(=S)Nc2ccc(N3CCN(Cc4ccccc4Cl)CC3)cc2)c1. The Bertz CT molecular complexity index is 1150. The van der Waals surface area contributed by atoms with E-state index in [2.05, 4.69) is 38.6 Å². The quantitative estimate of drug-likeness (QED) is 0.480. The van der Waals surface area contributed by atoms with Gasteiger partial charge < -0.3 is 15.0 Å². The van der Waals surface area contributed by atoms with E-state index in [4.69, 9.17) is 28.6 Å². The Labute approximate surface area is 210 Å². The third-order valence-corrected chi connectivity index (χ3v) is 6.35. The summed E-state index contributed by atoms with van der Waals surface area (Å²) < 4.78 is 5.16. The predicted octanol–water partition coefficient (Wildman–Crippen LogP) is 4.80. The van der Waals surface area contributed by atoms with Gasteiger partial charge in [0.2, 0.25) is 0 Å². The number of nitrogens with zero attached hydrogens (tertiary/aromatic N) is 2. The lowest BCUT2D eigenvalue weighted by atomic mass is 10.2. The van der Waals surface area contributed by atoms with Crippen LogP contribution in [-0.4, -0.2) is 49.2 Å². The number of anilines is 2. The topological polar surface area (TPSA) is 56.8 Å². The van der Waals surface area contributed by atoms with E-state index in [-0.39, 0.29) is 11.0 Å². The molecule has 0 unspecified atom stereocenters. The Morgan fingerprint density at radius 1 is 1.00 bits per heavy atom. The summed E-state index contributed by atoms with van der Waals surface area (Å²) >= 11 is 11.6. The predicted molar refractivity (Wildman–Crippen MR) is 142 cm³/mol. The maximum absolute atomic E-state index is 12.4. The van der Waals surface area contributed by atoms with Gasteiger partial charge in [-0.15, -0.1) is 0 Å². The highest BCUT2D eigenvalue weighted by Crippen LogP contribution is 2.22. The number of methoxy groups -OCH3 is 1. The molecule has 1 heterocycles. The molecule has 1 amide bonds. The lowest BCUT2D eigenvalue weighted by molar-refractivity contribution is 0.0977. The van der Waals surface area contributed by atoms with Crippen LogP contribution >= 0.6 is 23.8 Å². The van der Waals surface area contributed by atoms with Crippen LogP contribution in [0.4, 0.5) is 11.4 Å². The maximum Gasteiger partial charge on any atom is 0.257 e. The average Bonchev–Trinajstić information content (AvgIpc) is 2.86. The molecule has 0 aromatic heterocycles. The van der Waals surface area contributed by atoms with Gasteiger partial charge in [-0.05, 0) is 66.3 Å². The van der Waals surface area contributed by atoms with Crippen LogP contribution in [0.15, 0.2) is 72.8 Å². The lowest BCUT2D eigenvalue weighted by Crippen LogP contribution is -2.46. The Kier molecular flexibility index (Phi) is 8.00. The van der Waals surface area contributed by atoms with Crippen molar-refractivity contribution in [3.8, 4) is 5.75 Å². The van der Waals surface area contributed by atoms with Crippen LogP contribution in [0.5, 0.6) is 5.75 Å². The van der Waals surface area contributed by atoms with Crippen molar-refractivity contribution in [2.45, 2.75) is 6.54 Å². The van der Waals surface area contributed by atoms with Gasteiger partial charge in [0, 0.05) is 54.7 Å². The third-order valence-electron chi connectivity index (χ3n) is 5.77. The number of piperazine rings is 1. The largest absolute Gasteiger partial charge is 0.497 e. The molecule has 0 aliphatic carbocycles. The van der Waals surface area contributed by atoms with Crippen LogP contribution in [0.1, 0.15) is 15.9 Å². The molecule has 176 valence electrons. The van der Waals surface area contributed by atoms with Crippen molar-refractivity contribution in [3.63, 3.8) is 0 Å². The van der Waals surface area contributed by atoms with E-state index in [0.717, 1.165) is 49.1 Å². The summed E-state index contributed by atoms with van der Waals surface area (Å²) in [6, 6.07) is 23.0. The van der Waals surface area contributed by atoms with Gasteiger partial charge >= 0.3 is 0 Å². The van der Waals surface area contributed by atoms with E-state index in [1.165, 1.54) is 5.56 Å². The number of nitrogens with one attached hydrogen (secondary N) is 2. The minimum Gasteiger partial charge on any atom is -0.497 e. The molecular formula is C26H27ClN4O2S. The van der Waals surface area contributed by atoms with Crippen molar-refractivity contribution in [2.24, 2.45) is 0 Å². The van der Waals surface area contributed by atoms with E-state index in [9.17, 15) is 4.79 Å². The number of carbonyl (C=O) groups is 1. The zero-order chi connectivity index (χ0) is 23.9. The van der Waals surface area contributed by atoms with Gasteiger partial charge in [-0.2, -0.15) is 0 Å². The minimum absolute atomic E-state index is 0.244. The number of hydrogen-bond donors (Lipinski definition) is 2. The molecule has 34 heavy (non-hydrogen) atoms. The van der Waals surface area contributed by atoms with E-state index in [1.54, 1.807) is 31.4 Å². The second-order valence-corrected chi connectivity index (χ2v) is 8.86. The second kappa shape index (κ2) is 11.3. The van der Waals surface area contributed by atoms with Crippen molar-refractivity contribution in [1.82, 2.24) is 10.2 Å². The van der Waals surface area contributed by atoms with Gasteiger partial charge in [0.25, 0.3) is 5.91 Å². The lowest BCUT2D eigenvalue weighted by Gasteiger charge is -2.36. The molecule has 1 aliphatic rings. The van der Waals surface area contributed by atoms with Gasteiger partial charge in [-0.25, -0.2) is 0 Å². The van der Waals surface area contributed by atoms with Crippen LogP contribution < -0.4 is 20.3 Å².